The van der Waals surface area contributed by atoms with Gasteiger partial charge in [0.05, 0.1) is 0 Å². The first-order valence-electron chi connectivity index (χ1n) is 5.06. The first-order valence-corrected chi connectivity index (χ1v) is 5.85. The van der Waals surface area contributed by atoms with Crippen molar-refractivity contribution in [3.05, 3.63) is 40.4 Å². The van der Waals surface area contributed by atoms with Gasteiger partial charge in [-0.3, -0.25) is 0 Å². The molecule has 16 heavy (non-hydrogen) atoms. The molecule has 0 fully saturated rings. The largest absolute Gasteiger partial charge is 0.478 e. The summed E-state index contributed by atoms with van der Waals surface area (Å²) in [7, 11) is 0. The molecule has 0 aliphatic carbocycles. The maximum absolute atomic E-state index is 10.7. The van der Waals surface area contributed by atoms with Gasteiger partial charge in [-0.05, 0) is 34.5 Å². The maximum Gasteiger partial charge on any atom is 0.331 e. The molecule has 0 spiro atoms. The fourth-order valence-electron chi connectivity index (χ4n) is 1.27. The van der Waals surface area contributed by atoms with Crippen molar-refractivity contribution in [3.8, 4) is 0 Å². The van der Waals surface area contributed by atoms with Gasteiger partial charge in [-0.2, -0.15) is 0 Å². The molecule has 0 atom stereocenters. The van der Waals surface area contributed by atoms with Crippen LogP contribution in [0.1, 0.15) is 13.3 Å². The minimum atomic E-state index is -0.851. The maximum atomic E-state index is 10.7. The van der Waals surface area contributed by atoms with Crippen LogP contribution < -0.4 is 5.32 Å². The van der Waals surface area contributed by atoms with Gasteiger partial charge in [-0.1, -0.05) is 25.1 Å². The highest BCUT2D eigenvalue weighted by Crippen LogP contribution is 2.20. The van der Waals surface area contributed by atoms with Crippen LogP contribution in [0.3, 0.4) is 0 Å². The lowest BCUT2D eigenvalue weighted by Crippen LogP contribution is -2.04. The van der Waals surface area contributed by atoms with Crippen molar-refractivity contribution in [1.82, 2.24) is 0 Å². The van der Waals surface area contributed by atoms with Gasteiger partial charge in [0.1, 0.15) is 0 Å². The van der Waals surface area contributed by atoms with Gasteiger partial charge in [0.15, 0.2) is 0 Å². The molecule has 0 heterocycles. The van der Waals surface area contributed by atoms with Crippen LogP contribution in [0.4, 0.5) is 5.69 Å². The number of carboxylic acids is 1. The van der Waals surface area contributed by atoms with Crippen LogP contribution in [0.25, 0.3) is 0 Å². The Kier molecular flexibility index (Phi) is 5.05. The molecule has 0 amide bonds. The summed E-state index contributed by atoms with van der Waals surface area (Å²) in [5.74, 6) is -0.851. The average molecular weight is 284 g/mol. The Morgan fingerprint density at radius 2 is 2.19 bits per heavy atom. The van der Waals surface area contributed by atoms with E-state index in [9.17, 15) is 4.79 Å². The molecular weight excluding hydrogens is 270 g/mol. The van der Waals surface area contributed by atoms with Gasteiger partial charge in [0.25, 0.3) is 0 Å². The Balaban J connectivity index is 2.59. The number of carboxylic acid groups (broad SMARTS) is 1. The number of anilines is 1. The van der Waals surface area contributed by atoms with Gasteiger partial charge >= 0.3 is 5.97 Å². The number of hydrogen-bond donors (Lipinski definition) is 2. The van der Waals surface area contributed by atoms with Crippen LogP contribution in [0.5, 0.6) is 0 Å². The zero-order valence-corrected chi connectivity index (χ0v) is 10.6. The molecule has 3 nitrogen and oxygen atoms in total. The third kappa shape index (κ3) is 3.70. The molecule has 0 saturated heterocycles. The summed E-state index contributed by atoms with van der Waals surface area (Å²) in [5.41, 5.74) is 1.39. The Hall–Kier alpha value is -1.29. The second-order valence-corrected chi connectivity index (χ2v) is 4.10. The van der Waals surface area contributed by atoms with E-state index in [0.29, 0.717) is 18.5 Å². The SMILES string of the molecule is CC/C(=C/CNc1ccccc1Br)C(=O)O. The van der Waals surface area contributed by atoms with E-state index in [1.807, 2.05) is 31.2 Å². The van der Waals surface area contributed by atoms with E-state index in [2.05, 4.69) is 21.2 Å². The summed E-state index contributed by atoms with van der Waals surface area (Å²) < 4.78 is 0.969. The molecule has 0 aliphatic heterocycles. The summed E-state index contributed by atoms with van der Waals surface area (Å²) in [4.78, 5) is 10.7. The summed E-state index contributed by atoms with van der Waals surface area (Å²) >= 11 is 3.41. The molecular formula is C12H14BrNO2. The molecule has 1 aromatic carbocycles. The molecule has 0 aliphatic rings. The van der Waals surface area contributed by atoms with E-state index in [1.165, 1.54) is 0 Å². The lowest BCUT2D eigenvalue weighted by atomic mass is 10.2. The van der Waals surface area contributed by atoms with Crippen molar-refractivity contribution in [2.45, 2.75) is 13.3 Å². The lowest BCUT2D eigenvalue weighted by molar-refractivity contribution is -0.132. The summed E-state index contributed by atoms with van der Waals surface area (Å²) in [6.45, 7) is 2.34. The van der Waals surface area contributed by atoms with Crippen molar-refractivity contribution in [2.75, 3.05) is 11.9 Å². The highest BCUT2D eigenvalue weighted by Gasteiger charge is 2.03. The van der Waals surface area contributed by atoms with Crippen molar-refractivity contribution in [2.24, 2.45) is 0 Å². The first kappa shape index (κ1) is 12.8. The monoisotopic (exact) mass is 283 g/mol. The predicted octanol–water partition coefficient (Wildman–Crippen LogP) is 3.28. The highest BCUT2D eigenvalue weighted by atomic mass is 79.9. The summed E-state index contributed by atoms with van der Waals surface area (Å²) in [6.07, 6.45) is 2.23. The van der Waals surface area contributed by atoms with Gasteiger partial charge < -0.3 is 10.4 Å². The van der Waals surface area contributed by atoms with Crippen molar-refractivity contribution in [1.29, 1.82) is 0 Å². The minimum Gasteiger partial charge on any atom is -0.478 e. The molecule has 0 aromatic heterocycles. The van der Waals surface area contributed by atoms with Gasteiger partial charge in [-0.15, -0.1) is 0 Å². The summed E-state index contributed by atoms with van der Waals surface area (Å²) in [5, 5.41) is 12.0. The van der Waals surface area contributed by atoms with Crippen LogP contribution in [0.2, 0.25) is 0 Å². The fourth-order valence-corrected chi connectivity index (χ4v) is 1.70. The van der Waals surface area contributed by atoms with E-state index in [1.54, 1.807) is 6.08 Å². The van der Waals surface area contributed by atoms with Crippen molar-refractivity contribution >= 4 is 27.6 Å². The number of halogens is 1. The second-order valence-electron chi connectivity index (χ2n) is 3.25. The Labute approximate surface area is 103 Å². The molecule has 2 N–H and O–H groups in total. The smallest absolute Gasteiger partial charge is 0.331 e. The highest BCUT2D eigenvalue weighted by molar-refractivity contribution is 9.10. The van der Waals surface area contributed by atoms with Gasteiger partial charge in [-0.25, -0.2) is 4.79 Å². The van der Waals surface area contributed by atoms with Crippen LogP contribution in [-0.2, 0) is 4.79 Å². The lowest BCUT2D eigenvalue weighted by Gasteiger charge is -2.06. The molecule has 1 aromatic rings. The number of nitrogens with one attached hydrogen (secondary N) is 1. The van der Waals surface area contributed by atoms with E-state index in [4.69, 9.17) is 5.11 Å². The predicted molar refractivity (Wildman–Crippen MR) is 68.6 cm³/mol. The Bertz CT molecular complexity index is 402. The minimum absolute atomic E-state index is 0.430. The van der Waals surface area contributed by atoms with Crippen molar-refractivity contribution in [3.63, 3.8) is 0 Å². The molecule has 1 rings (SSSR count). The van der Waals surface area contributed by atoms with Gasteiger partial charge in [0.2, 0.25) is 0 Å². The van der Waals surface area contributed by atoms with E-state index < -0.39 is 5.97 Å². The molecule has 0 radical (unpaired) electrons. The second kappa shape index (κ2) is 6.33. The van der Waals surface area contributed by atoms with Crippen LogP contribution in [0, 0.1) is 0 Å². The Morgan fingerprint density at radius 1 is 1.50 bits per heavy atom. The molecule has 0 bridgehead atoms. The first-order chi connectivity index (χ1) is 7.65. The van der Waals surface area contributed by atoms with E-state index in [0.717, 1.165) is 10.2 Å². The zero-order chi connectivity index (χ0) is 12.0. The molecule has 0 unspecified atom stereocenters. The third-order valence-corrected chi connectivity index (χ3v) is 2.86. The van der Waals surface area contributed by atoms with Crippen LogP contribution in [0.15, 0.2) is 40.4 Å². The van der Waals surface area contributed by atoms with E-state index >= 15 is 0 Å². The van der Waals surface area contributed by atoms with Crippen LogP contribution >= 0.6 is 15.9 Å². The molecule has 4 heteroatoms. The van der Waals surface area contributed by atoms with Gasteiger partial charge in [0, 0.05) is 22.3 Å². The standard InChI is InChI=1S/C12H14BrNO2/c1-2-9(12(15)16)7-8-14-11-6-4-3-5-10(11)13/h3-7,14H,2,8H2,1H3,(H,15,16)/b9-7-. The number of benzene rings is 1. The normalized spacial score (nSPS) is 11.2. The number of rotatable bonds is 5. The molecule has 86 valence electrons. The Morgan fingerprint density at radius 3 is 2.75 bits per heavy atom. The number of carbonyl (C=O) groups is 1. The number of para-hydroxylation sites is 1. The molecule has 0 saturated carbocycles. The van der Waals surface area contributed by atoms with E-state index in [-0.39, 0.29) is 0 Å². The number of aliphatic carboxylic acids is 1. The number of hydrogen-bond acceptors (Lipinski definition) is 2. The quantitative estimate of drug-likeness (QED) is 0.816. The van der Waals surface area contributed by atoms with Crippen molar-refractivity contribution < 1.29 is 9.90 Å². The fraction of sp³-hybridized carbons (Fsp3) is 0.250. The topological polar surface area (TPSA) is 49.3 Å². The van der Waals surface area contributed by atoms with Crippen LogP contribution in [-0.4, -0.2) is 17.6 Å². The third-order valence-electron chi connectivity index (χ3n) is 2.17. The average Bonchev–Trinajstić information content (AvgIpc) is 2.26. The zero-order valence-electron chi connectivity index (χ0n) is 9.03. The summed E-state index contributed by atoms with van der Waals surface area (Å²) in [6, 6.07) is 7.73.